The number of imidazole rings is 2. The molecular weight excluding hydrogens is 876 g/mol. The Bertz CT molecular complexity index is 3120. The molecule has 0 spiro atoms. The smallest absolute Gasteiger partial charge is 0.270 e. The molecule has 56 heavy (non-hydrogen) atoms. The summed E-state index contributed by atoms with van der Waals surface area (Å²) >= 11 is 0. The molecule has 0 bridgehead atoms. The van der Waals surface area contributed by atoms with Crippen LogP contribution < -0.4 is 4.57 Å². The Hall–Kier alpha value is -6.43. The van der Waals surface area contributed by atoms with Gasteiger partial charge in [0.25, 0.3) is 6.33 Å². The molecule has 0 aliphatic carbocycles. The number of fused-ring (bicyclic) bond motifs is 5. The Morgan fingerprint density at radius 1 is 0.661 bits per heavy atom. The first-order valence-corrected chi connectivity index (χ1v) is 18.4. The van der Waals surface area contributed by atoms with Gasteiger partial charge in [0.15, 0.2) is 11.3 Å². The maximum Gasteiger partial charge on any atom is 0.270 e. The average molecular weight is 912 g/mol. The minimum absolute atomic E-state index is 0. The molecule has 0 aliphatic rings. The van der Waals surface area contributed by atoms with Crippen molar-refractivity contribution >= 4 is 44.0 Å². The average Bonchev–Trinajstić information content (AvgIpc) is 3.90. The van der Waals surface area contributed by atoms with Crippen molar-refractivity contribution in [2.75, 3.05) is 0 Å². The van der Waals surface area contributed by atoms with Crippen molar-refractivity contribution in [1.82, 2.24) is 14.1 Å². The van der Waals surface area contributed by atoms with E-state index in [0.717, 1.165) is 60.9 Å². The number of aromatic nitrogens is 4. The third-order valence-electron chi connectivity index (χ3n) is 10.5. The fourth-order valence-electron chi connectivity index (χ4n) is 7.78. The van der Waals surface area contributed by atoms with Crippen molar-refractivity contribution in [1.29, 1.82) is 0 Å². The minimum Gasteiger partial charge on any atom is -0.511 e. The third-order valence-corrected chi connectivity index (χ3v) is 10.5. The van der Waals surface area contributed by atoms with Crippen molar-refractivity contribution in [3.63, 3.8) is 0 Å². The predicted molar refractivity (Wildman–Crippen MR) is 218 cm³/mol. The second kappa shape index (κ2) is 13.4. The molecular formula is C48H36N4O3Pt. The van der Waals surface area contributed by atoms with Gasteiger partial charge in [-0.1, -0.05) is 118 Å². The Kier molecular flexibility index (Phi) is 8.44. The number of phenols is 2. The molecule has 0 saturated carbocycles. The first-order chi connectivity index (χ1) is 26.8. The van der Waals surface area contributed by atoms with Crippen LogP contribution in [0.2, 0.25) is 0 Å². The maximum absolute atomic E-state index is 11.5. The molecule has 0 saturated heterocycles. The second-order valence-corrected chi connectivity index (χ2v) is 14.9. The number of rotatable bonds is 5. The molecule has 276 valence electrons. The van der Waals surface area contributed by atoms with Crippen molar-refractivity contribution in [2.45, 2.75) is 26.2 Å². The normalized spacial score (nSPS) is 11.8. The van der Waals surface area contributed by atoms with Crippen LogP contribution in [0.4, 0.5) is 0 Å². The fraction of sp³-hybridized carbons (Fsp3) is 0.0833. The minimum atomic E-state index is -0.0748. The molecule has 3 aromatic heterocycles. The summed E-state index contributed by atoms with van der Waals surface area (Å²) in [5.74, 6) is 0.820. The quantitative estimate of drug-likeness (QED) is 0.133. The fourth-order valence-corrected chi connectivity index (χ4v) is 7.78. The number of hydrogen-bond donors (Lipinski definition) is 2. The monoisotopic (exact) mass is 911 g/mol. The van der Waals surface area contributed by atoms with Gasteiger partial charge in [-0.3, -0.25) is 13.7 Å². The van der Waals surface area contributed by atoms with Crippen LogP contribution in [0, 0.1) is 6.33 Å². The van der Waals surface area contributed by atoms with Crippen LogP contribution in [0.3, 0.4) is 0 Å². The summed E-state index contributed by atoms with van der Waals surface area (Å²) in [7, 11) is 0. The van der Waals surface area contributed by atoms with Crippen LogP contribution in [0.5, 0.6) is 11.5 Å². The van der Waals surface area contributed by atoms with E-state index in [1.54, 1.807) is 12.1 Å². The van der Waals surface area contributed by atoms with Crippen LogP contribution in [-0.2, 0) is 26.5 Å². The number of phenolic OH excluding ortho intramolecular Hbond substituents is 2. The van der Waals surface area contributed by atoms with Gasteiger partial charge in [-0.05, 0) is 71.1 Å². The van der Waals surface area contributed by atoms with Crippen molar-refractivity contribution < 1.29 is 40.3 Å². The molecule has 7 aromatic carbocycles. The number of nitrogens with zero attached hydrogens (tertiary/aromatic N) is 4. The molecule has 0 amide bonds. The molecule has 0 fully saturated rings. The summed E-state index contributed by atoms with van der Waals surface area (Å²) in [5.41, 5.74) is 10.7. The van der Waals surface area contributed by atoms with Gasteiger partial charge in [-0.2, -0.15) is 0 Å². The van der Waals surface area contributed by atoms with E-state index in [1.165, 1.54) is 5.56 Å². The van der Waals surface area contributed by atoms with E-state index < -0.39 is 0 Å². The molecule has 10 rings (SSSR count). The van der Waals surface area contributed by atoms with E-state index in [1.807, 2.05) is 100 Å². The summed E-state index contributed by atoms with van der Waals surface area (Å²) in [5, 5.41) is 24.7. The van der Waals surface area contributed by atoms with Crippen LogP contribution in [0.25, 0.3) is 83.6 Å². The summed E-state index contributed by atoms with van der Waals surface area (Å²) < 4.78 is 12.4. The van der Waals surface area contributed by atoms with Gasteiger partial charge in [0.1, 0.15) is 28.4 Å². The van der Waals surface area contributed by atoms with Gasteiger partial charge in [-0.15, -0.1) is 0 Å². The summed E-state index contributed by atoms with van der Waals surface area (Å²) in [4.78, 5) is 5.37. The molecule has 0 atom stereocenters. The van der Waals surface area contributed by atoms with E-state index >= 15 is 0 Å². The molecule has 8 heteroatoms. The standard InChI is InChI=1S/C48H36N4O3.Pt/c1-48(2,3)31-24-26-36(35(28-31)30-14-5-4-6-15-30)52-40-21-13-20-39(44(40)49-47(52)34-17-7-11-22-41(34)53)50-29-51(38-19-10-9-18-37(38)50)45-42(54)27-25-33-32-16-8-12-23-43(32)55-46(33)45;/h4-28,53-54H,1-3H3;. The largest absolute Gasteiger partial charge is 0.511 e. The maximum atomic E-state index is 11.5. The third kappa shape index (κ3) is 5.53. The van der Waals surface area contributed by atoms with Gasteiger partial charge < -0.3 is 14.6 Å². The first-order valence-electron chi connectivity index (χ1n) is 18.4. The number of hydrogen-bond acceptors (Lipinski definition) is 4. The Morgan fingerprint density at radius 2 is 1.39 bits per heavy atom. The Labute approximate surface area is 337 Å². The first kappa shape index (κ1) is 35.3. The van der Waals surface area contributed by atoms with Gasteiger partial charge in [0.2, 0.25) is 0 Å². The predicted octanol–water partition coefficient (Wildman–Crippen LogP) is 11.0. The van der Waals surface area contributed by atoms with Gasteiger partial charge in [-0.25, -0.2) is 4.98 Å². The van der Waals surface area contributed by atoms with Gasteiger partial charge >= 0.3 is 0 Å². The molecule has 10 aromatic rings. The number of furan rings is 1. The van der Waals surface area contributed by atoms with Crippen molar-refractivity contribution in [2.24, 2.45) is 0 Å². The van der Waals surface area contributed by atoms with Crippen molar-refractivity contribution in [3.8, 4) is 51.1 Å². The Balaban J connectivity index is 0.00000410. The van der Waals surface area contributed by atoms with Gasteiger partial charge in [0, 0.05) is 37.4 Å². The molecule has 3 heterocycles. The molecule has 0 radical (unpaired) electrons. The summed E-state index contributed by atoms with van der Waals surface area (Å²) in [6, 6.07) is 50.0. The Morgan fingerprint density at radius 3 is 2.21 bits per heavy atom. The van der Waals surface area contributed by atoms with E-state index in [4.69, 9.17) is 9.40 Å². The van der Waals surface area contributed by atoms with E-state index in [2.05, 4.69) is 80.2 Å². The zero-order valence-corrected chi connectivity index (χ0v) is 33.1. The SMILES string of the molecule is CC(C)(C)c1ccc(-n2c(-c3ccccc3O)nc3c(-[n+]4[c-]n(-c5c(O)ccc6c5oc5ccccc56)c5ccccc54)cccc32)c(-c2ccccc2)c1.[Pt]. The molecule has 0 unspecified atom stereocenters. The second-order valence-electron chi connectivity index (χ2n) is 14.9. The number of aromatic hydroxyl groups is 2. The van der Waals surface area contributed by atoms with Crippen LogP contribution in [0.1, 0.15) is 26.3 Å². The number of benzene rings is 7. The van der Waals surface area contributed by atoms with Crippen LogP contribution in [-0.4, -0.2) is 24.3 Å². The molecule has 0 aliphatic heterocycles. The summed E-state index contributed by atoms with van der Waals surface area (Å²) in [6.45, 7) is 6.67. The molecule has 7 nitrogen and oxygen atoms in total. The number of para-hydroxylation sites is 5. The zero-order chi connectivity index (χ0) is 37.4. The van der Waals surface area contributed by atoms with Crippen LogP contribution >= 0.6 is 0 Å². The van der Waals surface area contributed by atoms with E-state index in [9.17, 15) is 10.2 Å². The van der Waals surface area contributed by atoms with Gasteiger partial charge in [0.05, 0.1) is 33.5 Å². The topological polar surface area (TPSA) is 80.2 Å². The zero-order valence-electron chi connectivity index (χ0n) is 30.8. The van der Waals surface area contributed by atoms with Crippen LogP contribution in [0.15, 0.2) is 156 Å². The van der Waals surface area contributed by atoms with E-state index in [-0.39, 0.29) is 38.0 Å². The van der Waals surface area contributed by atoms with Crippen molar-refractivity contribution in [3.05, 3.63) is 164 Å². The van der Waals surface area contributed by atoms with E-state index in [0.29, 0.717) is 22.7 Å². The molecule has 2 N–H and O–H groups in total. The summed E-state index contributed by atoms with van der Waals surface area (Å²) in [6.07, 6.45) is 3.59.